The number of hydrogen-bond acceptors (Lipinski definition) is 4. The number of nitrogens with two attached hydrogens (primary N) is 1. The first-order chi connectivity index (χ1) is 11.2. The highest BCUT2D eigenvalue weighted by molar-refractivity contribution is 5.85. The van der Waals surface area contributed by atoms with Crippen molar-refractivity contribution in [1.29, 1.82) is 0 Å². The number of benzene rings is 1. The van der Waals surface area contributed by atoms with Crippen molar-refractivity contribution in [1.82, 2.24) is 19.5 Å². The van der Waals surface area contributed by atoms with Crippen molar-refractivity contribution < 1.29 is 0 Å². The zero-order valence-electron chi connectivity index (χ0n) is 13.4. The van der Waals surface area contributed by atoms with E-state index in [4.69, 9.17) is 10.7 Å². The largest absolute Gasteiger partial charge is 0.382 e. The maximum Gasteiger partial charge on any atom is 0.166 e. The van der Waals surface area contributed by atoms with Gasteiger partial charge in [-0.15, -0.1) is 0 Å². The third-order valence-corrected chi connectivity index (χ3v) is 4.77. The summed E-state index contributed by atoms with van der Waals surface area (Å²) in [7, 11) is 1.99. The summed E-state index contributed by atoms with van der Waals surface area (Å²) in [5, 5.41) is 0. The van der Waals surface area contributed by atoms with Crippen LogP contribution >= 0.6 is 0 Å². The van der Waals surface area contributed by atoms with Gasteiger partial charge >= 0.3 is 0 Å². The lowest BCUT2D eigenvalue weighted by Crippen LogP contribution is -2.11. The van der Waals surface area contributed by atoms with Crippen LogP contribution in [0.1, 0.15) is 43.8 Å². The van der Waals surface area contributed by atoms with Crippen molar-refractivity contribution in [3.8, 4) is 11.4 Å². The molecule has 1 aliphatic carbocycles. The Kier molecular flexibility index (Phi) is 3.48. The van der Waals surface area contributed by atoms with Crippen LogP contribution < -0.4 is 5.73 Å². The standard InChI is InChI=1S/C18H21N5/c1-23-17(13-10-6-3-7-11-13)20-14-15(19)21-16(22-18(14)23)12-8-4-2-5-9-12/h3,6-7,10-12H,2,4-5,8-9H2,1H3,(H2,19,21,22). The van der Waals surface area contributed by atoms with Gasteiger partial charge in [0.25, 0.3) is 0 Å². The zero-order chi connectivity index (χ0) is 15.8. The molecule has 0 radical (unpaired) electrons. The molecule has 1 fully saturated rings. The average molecular weight is 307 g/mol. The van der Waals surface area contributed by atoms with Gasteiger partial charge in [0.2, 0.25) is 0 Å². The summed E-state index contributed by atoms with van der Waals surface area (Å²) in [6.07, 6.45) is 6.15. The molecule has 0 unspecified atom stereocenters. The summed E-state index contributed by atoms with van der Waals surface area (Å²) in [4.78, 5) is 14.1. The van der Waals surface area contributed by atoms with Gasteiger partial charge in [-0.25, -0.2) is 15.0 Å². The van der Waals surface area contributed by atoms with Gasteiger partial charge in [0.05, 0.1) is 0 Å². The maximum absolute atomic E-state index is 6.20. The topological polar surface area (TPSA) is 69.6 Å². The number of nitrogens with zero attached hydrogens (tertiary/aromatic N) is 4. The molecular weight excluding hydrogens is 286 g/mol. The van der Waals surface area contributed by atoms with E-state index in [1.54, 1.807) is 0 Å². The van der Waals surface area contributed by atoms with Crippen LogP contribution in [0.15, 0.2) is 30.3 Å². The summed E-state index contributed by atoms with van der Waals surface area (Å²) in [6, 6.07) is 10.1. The highest BCUT2D eigenvalue weighted by Gasteiger charge is 2.22. The summed E-state index contributed by atoms with van der Waals surface area (Å²) >= 11 is 0. The molecule has 118 valence electrons. The monoisotopic (exact) mass is 307 g/mol. The minimum atomic E-state index is 0.436. The third-order valence-electron chi connectivity index (χ3n) is 4.77. The Labute approximate surface area is 135 Å². The first-order valence-corrected chi connectivity index (χ1v) is 8.29. The van der Waals surface area contributed by atoms with E-state index in [2.05, 4.69) is 9.97 Å². The first kappa shape index (κ1) is 14.2. The second-order valence-electron chi connectivity index (χ2n) is 6.33. The minimum absolute atomic E-state index is 0.436. The van der Waals surface area contributed by atoms with Crippen LogP contribution in [0, 0.1) is 0 Å². The number of aryl methyl sites for hydroxylation is 1. The van der Waals surface area contributed by atoms with Crippen molar-refractivity contribution in [3.63, 3.8) is 0 Å². The predicted molar refractivity (Wildman–Crippen MR) is 92.0 cm³/mol. The van der Waals surface area contributed by atoms with Crippen LogP contribution in [-0.2, 0) is 7.05 Å². The molecule has 0 atom stereocenters. The normalized spacial score (nSPS) is 16.0. The van der Waals surface area contributed by atoms with Gasteiger partial charge in [-0.3, -0.25) is 0 Å². The summed E-state index contributed by atoms with van der Waals surface area (Å²) in [6.45, 7) is 0. The van der Waals surface area contributed by atoms with Crippen molar-refractivity contribution in [3.05, 3.63) is 36.2 Å². The molecule has 2 heterocycles. The van der Waals surface area contributed by atoms with Gasteiger partial charge in [0.15, 0.2) is 17.0 Å². The van der Waals surface area contributed by atoms with Crippen LogP contribution in [0.4, 0.5) is 5.82 Å². The fourth-order valence-corrected chi connectivity index (χ4v) is 3.49. The molecule has 0 saturated heterocycles. The number of aromatic nitrogens is 4. The van der Waals surface area contributed by atoms with Crippen molar-refractivity contribution in [2.24, 2.45) is 7.05 Å². The molecule has 0 aliphatic heterocycles. The second kappa shape index (κ2) is 5.65. The van der Waals surface area contributed by atoms with Gasteiger partial charge in [0, 0.05) is 18.5 Å². The fraction of sp³-hybridized carbons (Fsp3) is 0.389. The van der Waals surface area contributed by atoms with E-state index < -0.39 is 0 Å². The van der Waals surface area contributed by atoms with Gasteiger partial charge < -0.3 is 10.3 Å². The maximum atomic E-state index is 6.20. The number of fused-ring (bicyclic) bond motifs is 1. The summed E-state index contributed by atoms with van der Waals surface area (Å²) in [5.41, 5.74) is 8.79. The second-order valence-corrected chi connectivity index (χ2v) is 6.33. The fourth-order valence-electron chi connectivity index (χ4n) is 3.49. The molecule has 1 aromatic carbocycles. The molecule has 0 bridgehead atoms. The number of imidazole rings is 1. The molecular formula is C18H21N5. The van der Waals surface area contributed by atoms with Crippen molar-refractivity contribution >= 4 is 17.0 Å². The van der Waals surface area contributed by atoms with E-state index in [1.165, 1.54) is 19.3 Å². The summed E-state index contributed by atoms with van der Waals surface area (Å²) in [5.74, 6) is 2.69. The Morgan fingerprint density at radius 2 is 1.74 bits per heavy atom. The number of nitrogen functional groups attached to an aromatic ring is 1. The molecule has 1 aliphatic rings. The Morgan fingerprint density at radius 1 is 1.00 bits per heavy atom. The van der Waals surface area contributed by atoms with E-state index in [0.29, 0.717) is 17.3 Å². The Hall–Kier alpha value is -2.43. The number of hydrogen-bond donors (Lipinski definition) is 1. The predicted octanol–water partition coefficient (Wildman–Crippen LogP) is 3.66. The van der Waals surface area contributed by atoms with Crippen LogP contribution in [0.5, 0.6) is 0 Å². The molecule has 5 heteroatoms. The average Bonchev–Trinajstić information content (AvgIpc) is 2.94. The zero-order valence-corrected chi connectivity index (χ0v) is 13.4. The van der Waals surface area contributed by atoms with Gasteiger partial charge in [-0.1, -0.05) is 49.6 Å². The molecule has 5 nitrogen and oxygen atoms in total. The molecule has 3 aromatic rings. The number of anilines is 1. The summed E-state index contributed by atoms with van der Waals surface area (Å²) < 4.78 is 2.02. The minimum Gasteiger partial charge on any atom is -0.382 e. The molecule has 4 rings (SSSR count). The van der Waals surface area contributed by atoms with Crippen LogP contribution in [0.25, 0.3) is 22.6 Å². The molecule has 2 aromatic heterocycles. The molecule has 2 N–H and O–H groups in total. The molecule has 0 amide bonds. The van der Waals surface area contributed by atoms with E-state index in [0.717, 1.165) is 35.7 Å². The lowest BCUT2D eigenvalue weighted by atomic mass is 9.89. The van der Waals surface area contributed by atoms with Gasteiger partial charge in [-0.05, 0) is 12.8 Å². The van der Waals surface area contributed by atoms with E-state index in [1.807, 2.05) is 41.9 Å². The molecule has 1 saturated carbocycles. The van der Waals surface area contributed by atoms with E-state index in [-0.39, 0.29) is 0 Å². The smallest absolute Gasteiger partial charge is 0.166 e. The highest BCUT2D eigenvalue weighted by Crippen LogP contribution is 2.33. The lowest BCUT2D eigenvalue weighted by molar-refractivity contribution is 0.429. The Morgan fingerprint density at radius 3 is 2.48 bits per heavy atom. The van der Waals surface area contributed by atoms with Gasteiger partial charge in [0.1, 0.15) is 11.6 Å². The Bertz CT molecular complexity index is 831. The highest BCUT2D eigenvalue weighted by atomic mass is 15.1. The van der Waals surface area contributed by atoms with Crippen molar-refractivity contribution in [2.45, 2.75) is 38.0 Å². The quantitative estimate of drug-likeness (QED) is 0.784. The molecule has 23 heavy (non-hydrogen) atoms. The molecule has 0 spiro atoms. The van der Waals surface area contributed by atoms with Crippen molar-refractivity contribution in [2.75, 3.05) is 5.73 Å². The van der Waals surface area contributed by atoms with Crippen LogP contribution in [0.2, 0.25) is 0 Å². The van der Waals surface area contributed by atoms with Gasteiger partial charge in [-0.2, -0.15) is 0 Å². The van der Waals surface area contributed by atoms with E-state index >= 15 is 0 Å². The third kappa shape index (κ3) is 2.46. The SMILES string of the molecule is Cn1c(-c2ccccc2)nc2c(N)nc(C3CCCCC3)nc21. The lowest BCUT2D eigenvalue weighted by Gasteiger charge is -2.20. The number of rotatable bonds is 2. The van der Waals surface area contributed by atoms with Crippen LogP contribution in [0.3, 0.4) is 0 Å². The Balaban J connectivity index is 1.84. The van der Waals surface area contributed by atoms with Crippen LogP contribution in [-0.4, -0.2) is 19.5 Å². The first-order valence-electron chi connectivity index (χ1n) is 8.29. The van der Waals surface area contributed by atoms with E-state index in [9.17, 15) is 0 Å².